The fourth-order valence-electron chi connectivity index (χ4n) is 5.12. The molecular weight excluding hydrogens is 494 g/mol. The molecule has 0 bridgehead atoms. The van der Waals surface area contributed by atoms with Crippen LogP contribution in [0.15, 0.2) is 54.2 Å². The molecule has 8 heteroatoms. The van der Waals surface area contributed by atoms with Crippen LogP contribution in [0.1, 0.15) is 59.7 Å². The SMILES string of the molecule is Cc1cccc(C)c1OCCn1cc(/C=C(/C#N)C(=O)Nc2nnc(C3CCCCC3)s2)c2ccccc21. The van der Waals surface area contributed by atoms with Crippen molar-refractivity contribution >= 4 is 39.4 Å². The number of aromatic nitrogens is 3. The number of nitrogens with one attached hydrogen (secondary N) is 1. The molecule has 2 aromatic carbocycles. The largest absolute Gasteiger partial charge is 0.491 e. The van der Waals surface area contributed by atoms with E-state index in [1.807, 2.05) is 62.5 Å². The monoisotopic (exact) mass is 525 g/mol. The first kappa shape index (κ1) is 25.7. The van der Waals surface area contributed by atoms with Gasteiger partial charge in [-0.25, -0.2) is 0 Å². The first-order valence-electron chi connectivity index (χ1n) is 13.1. The number of rotatable bonds is 8. The highest BCUT2D eigenvalue weighted by Gasteiger charge is 2.21. The Labute approximate surface area is 226 Å². The molecule has 4 aromatic rings. The predicted molar refractivity (Wildman–Crippen MR) is 151 cm³/mol. The van der Waals surface area contributed by atoms with Crippen LogP contribution in [0.4, 0.5) is 5.13 Å². The van der Waals surface area contributed by atoms with E-state index in [1.54, 1.807) is 6.08 Å². The highest BCUT2D eigenvalue weighted by molar-refractivity contribution is 7.15. The van der Waals surface area contributed by atoms with Crippen LogP contribution in [0.3, 0.4) is 0 Å². The van der Waals surface area contributed by atoms with Crippen LogP contribution < -0.4 is 10.1 Å². The van der Waals surface area contributed by atoms with E-state index in [0.717, 1.165) is 51.2 Å². The number of aryl methyl sites for hydroxylation is 2. The van der Waals surface area contributed by atoms with E-state index in [9.17, 15) is 10.1 Å². The average molecular weight is 526 g/mol. The van der Waals surface area contributed by atoms with Gasteiger partial charge in [-0.15, -0.1) is 10.2 Å². The maximum atomic E-state index is 13.0. The van der Waals surface area contributed by atoms with Gasteiger partial charge in [0.15, 0.2) is 0 Å². The summed E-state index contributed by atoms with van der Waals surface area (Å²) in [5.41, 5.74) is 4.06. The van der Waals surface area contributed by atoms with E-state index in [4.69, 9.17) is 4.74 Å². The van der Waals surface area contributed by atoms with Gasteiger partial charge in [0.1, 0.15) is 29.0 Å². The lowest BCUT2D eigenvalue weighted by Gasteiger charge is -2.18. The van der Waals surface area contributed by atoms with Crippen LogP contribution in [0.5, 0.6) is 5.75 Å². The van der Waals surface area contributed by atoms with Crippen LogP contribution >= 0.6 is 11.3 Å². The number of hydrogen-bond acceptors (Lipinski definition) is 6. The first-order valence-corrected chi connectivity index (χ1v) is 13.9. The van der Waals surface area contributed by atoms with Crippen molar-refractivity contribution in [1.82, 2.24) is 14.8 Å². The number of carbonyl (C=O) groups excluding carboxylic acids is 1. The maximum Gasteiger partial charge on any atom is 0.268 e. The van der Waals surface area contributed by atoms with Crippen molar-refractivity contribution in [2.45, 2.75) is 58.4 Å². The van der Waals surface area contributed by atoms with Gasteiger partial charge < -0.3 is 9.30 Å². The van der Waals surface area contributed by atoms with Gasteiger partial charge in [-0.05, 0) is 50.0 Å². The quantitative estimate of drug-likeness (QED) is 0.202. The molecule has 2 heterocycles. The molecular formula is C30H31N5O2S. The second-order valence-electron chi connectivity index (χ2n) is 9.77. The van der Waals surface area contributed by atoms with E-state index in [0.29, 0.717) is 24.2 Å². The molecule has 7 nitrogen and oxygen atoms in total. The highest BCUT2D eigenvalue weighted by Crippen LogP contribution is 2.35. The molecule has 2 aromatic heterocycles. The molecule has 1 fully saturated rings. The minimum absolute atomic E-state index is 0.0223. The minimum atomic E-state index is -0.478. The third-order valence-corrected chi connectivity index (χ3v) is 8.09. The van der Waals surface area contributed by atoms with E-state index >= 15 is 0 Å². The molecule has 194 valence electrons. The summed E-state index contributed by atoms with van der Waals surface area (Å²) in [6, 6.07) is 16.1. The molecule has 0 spiro atoms. The van der Waals surface area contributed by atoms with Crippen molar-refractivity contribution in [3.63, 3.8) is 0 Å². The van der Waals surface area contributed by atoms with Gasteiger partial charge in [0.25, 0.3) is 5.91 Å². The standard InChI is InChI=1S/C30H31N5O2S/c1-20-9-8-10-21(2)27(20)37-16-15-35-19-24(25-13-6-7-14-26(25)35)17-23(18-31)28(36)32-30-34-33-29(38-30)22-11-4-3-5-12-22/h6-10,13-14,17,19,22H,3-5,11-12,15-16H2,1-2H3,(H,32,34,36)/b23-17-. The molecule has 1 N–H and O–H groups in total. The summed E-state index contributed by atoms with van der Waals surface area (Å²) in [7, 11) is 0. The Balaban J connectivity index is 1.32. The lowest BCUT2D eigenvalue weighted by atomic mass is 9.90. The van der Waals surface area contributed by atoms with Gasteiger partial charge in [0.2, 0.25) is 5.13 Å². The third-order valence-electron chi connectivity index (χ3n) is 7.09. The number of ether oxygens (including phenoxy) is 1. The van der Waals surface area contributed by atoms with Crippen molar-refractivity contribution in [2.24, 2.45) is 0 Å². The maximum absolute atomic E-state index is 13.0. The summed E-state index contributed by atoms with van der Waals surface area (Å²) in [5.74, 6) is 0.854. The Bertz CT molecular complexity index is 1500. The summed E-state index contributed by atoms with van der Waals surface area (Å²) in [5, 5.41) is 23.4. The molecule has 0 aliphatic heterocycles. The molecule has 0 unspecified atom stereocenters. The zero-order valence-corrected chi connectivity index (χ0v) is 22.6. The predicted octanol–water partition coefficient (Wildman–Crippen LogP) is 6.78. The van der Waals surface area contributed by atoms with Crippen LogP contribution in [-0.2, 0) is 11.3 Å². The lowest BCUT2D eigenvalue weighted by Crippen LogP contribution is -2.13. The van der Waals surface area contributed by atoms with Crippen LogP contribution in [-0.4, -0.2) is 27.3 Å². The lowest BCUT2D eigenvalue weighted by molar-refractivity contribution is -0.112. The van der Waals surface area contributed by atoms with Gasteiger partial charge in [0.05, 0.1) is 6.54 Å². The Morgan fingerprint density at radius 2 is 1.89 bits per heavy atom. The van der Waals surface area contributed by atoms with Gasteiger partial charge in [-0.2, -0.15) is 5.26 Å². The van der Waals surface area contributed by atoms with Gasteiger partial charge in [-0.3, -0.25) is 10.1 Å². The normalized spacial score (nSPS) is 14.4. The van der Waals surface area contributed by atoms with Gasteiger partial charge >= 0.3 is 0 Å². The van der Waals surface area contributed by atoms with Crippen molar-refractivity contribution in [3.05, 3.63) is 75.9 Å². The number of carbonyl (C=O) groups is 1. The van der Waals surface area contributed by atoms with Crippen LogP contribution in [0.2, 0.25) is 0 Å². The Morgan fingerprint density at radius 1 is 1.13 bits per heavy atom. The second kappa shape index (κ2) is 11.6. The smallest absolute Gasteiger partial charge is 0.268 e. The number of hydrogen-bond donors (Lipinski definition) is 1. The number of nitriles is 1. The zero-order valence-electron chi connectivity index (χ0n) is 21.7. The average Bonchev–Trinajstić information content (AvgIpc) is 3.54. The molecule has 1 saturated carbocycles. The summed E-state index contributed by atoms with van der Waals surface area (Å²) < 4.78 is 8.22. The van der Waals surface area contributed by atoms with Crippen molar-refractivity contribution in [3.8, 4) is 11.8 Å². The fourth-order valence-corrected chi connectivity index (χ4v) is 6.02. The Morgan fingerprint density at radius 3 is 2.66 bits per heavy atom. The van der Waals surface area contributed by atoms with E-state index in [-0.39, 0.29) is 5.57 Å². The Kier molecular flexibility index (Phi) is 7.85. The number of amides is 1. The molecule has 1 aliphatic carbocycles. The summed E-state index contributed by atoms with van der Waals surface area (Å²) in [6.45, 7) is 5.22. The molecule has 38 heavy (non-hydrogen) atoms. The minimum Gasteiger partial charge on any atom is -0.491 e. The molecule has 1 amide bonds. The molecule has 0 atom stereocenters. The van der Waals surface area contributed by atoms with E-state index in [2.05, 4.69) is 26.2 Å². The molecule has 5 rings (SSSR count). The summed E-state index contributed by atoms with van der Waals surface area (Å²) in [6.07, 6.45) is 9.53. The van der Waals surface area contributed by atoms with Crippen molar-refractivity contribution < 1.29 is 9.53 Å². The van der Waals surface area contributed by atoms with E-state index in [1.165, 1.54) is 30.6 Å². The van der Waals surface area contributed by atoms with Gasteiger partial charge in [-0.1, -0.05) is 67.0 Å². The number of benzene rings is 2. The fraction of sp³-hybridized carbons (Fsp3) is 0.333. The third kappa shape index (κ3) is 5.63. The molecule has 0 radical (unpaired) electrons. The highest BCUT2D eigenvalue weighted by atomic mass is 32.1. The van der Waals surface area contributed by atoms with Gasteiger partial charge in [0, 0.05) is 28.6 Å². The summed E-state index contributed by atoms with van der Waals surface area (Å²) in [4.78, 5) is 13.0. The number of para-hydroxylation sites is 2. The first-order chi connectivity index (χ1) is 18.5. The number of fused-ring (bicyclic) bond motifs is 1. The zero-order chi connectivity index (χ0) is 26.5. The topological polar surface area (TPSA) is 92.8 Å². The summed E-state index contributed by atoms with van der Waals surface area (Å²) >= 11 is 1.41. The van der Waals surface area contributed by atoms with Crippen molar-refractivity contribution in [1.29, 1.82) is 5.26 Å². The van der Waals surface area contributed by atoms with Crippen LogP contribution in [0, 0.1) is 25.2 Å². The Hall–Kier alpha value is -3.96. The molecule has 0 saturated heterocycles. The second-order valence-corrected chi connectivity index (χ2v) is 10.8. The van der Waals surface area contributed by atoms with Crippen molar-refractivity contribution in [2.75, 3.05) is 11.9 Å². The van der Waals surface area contributed by atoms with Crippen LogP contribution in [0.25, 0.3) is 17.0 Å². The molecule has 1 aliphatic rings. The number of nitrogens with zero attached hydrogens (tertiary/aromatic N) is 4. The van der Waals surface area contributed by atoms with E-state index < -0.39 is 5.91 Å². The number of anilines is 1.